The van der Waals surface area contributed by atoms with Crippen molar-refractivity contribution < 1.29 is 4.74 Å². The number of aromatic nitrogens is 2. The Morgan fingerprint density at radius 2 is 1.68 bits per heavy atom. The zero-order chi connectivity index (χ0) is 19.3. The molecule has 0 fully saturated rings. The normalized spacial score (nSPS) is 10.9. The molecule has 2 aromatic carbocycles. The molecule has 0 unspecified atom stereocenters. The number of ether oxygens (including phenoxy) is 1. The Morgan fingerprint density at radius 3 is 2.39 bits per heavy atom. The molecule has 0 aliphatic carbocycles. The average Bonchev–Trinajstić information content (AvgIpc) is 3.17. The maximum atomic E-state index is 5.52. The van der Waals surface area contributed by atoms with Crippen LogP contribution in [-0.2, 0) is 13.0 Å². The van der Waals surface area contributed by atoms with Crippen molar-refractivity contribution in [2.24, 2.45) is 0 Å². The quantitative estimate of drug-likeness (QED) is 0.460. The monoisotopic (exact) mass is 371 g/mol. The van der Waals surface area contributed by atoms with Crippen LogP contribution >= 0.6 is 0 Å². The molecule has 1 N–H and O–H groups in total. The molecule has 0 aliphatic rings. The molecule has 0 spiro atoms. The van der Waals surface area contributed by atoms with E-state index in [1.54, 1.807) is 0 Å². The van der Waals surface area contributed by atoms with E-state index < -0.39 is 0 Å². The summed E-state index contributed by atoms with van der Waals surface area (Å²) in [6.45, 7) is 5.62. The largest absolute Gasteiger partial charge is 0.494 e. The van der Waals surface area contributed by atoms with Crippen molar-refractivity contribution in [1.82, 2.24) is 9.55 Å². The molecule has 0 saturated carbocycles. The van der Waals surface area contributed by atoms with Crippen LogP contribution in [-0.4, -0.2) is 16.2 Å². The van der Waals surface area contributed by atoms with Gasteiger partial charge >= 0.3 is 0 Å². The minimum absolute atomic E-state index is 0.672. The summed E-state index contributed by atoms with van der Waals surface area (Å²) in [4.78, 5) is 4.69. The zero-order valence-corrected chi connectivity index (χ0v) is 16.4. The molecule has 28 heavy (non-hydrogen) atoms. The van der Waals surface area contributed by atoms with Crippen LogP contribution in [0.2, 0.25) is 0 Å². The van der Waals surface area contributed by atoms with Crippen LogP contribution in [0.5, 0.6) is 5.75 Å². The third kappa shape index (κ3) is 3.86. The zero-order valence-electron chi connectivity index (χ0n) is 16.4. The molecule has 2 aromatic heterocycles. The molecule has 2 heterocycles. The molecule has 0 atom stereocenters. The van der Waals surface area contributed by atoms with E-state index in [0.29, 0.717) is 6.61 Å². The number of fused-ring (bicyclic) bond motifs is 1. The van der Waals surface area contributed by atoms with Crippen molar-refractivity contribution >= 4 is 16.7 Å². The summed E-state index contributed by atoms with van der Waals surface area (Å²) < 4.78 is 7.62. The first kappa shape index (κ1) is 18.1. The number of hydrogen-bond acceptors (Lipinski definition) is 3. The Kier molecular flexibility index (Phi) is 5.29. The van der Waals surface area contributed by atoms with E-state index in [0.717, 1.165) is 41.1 Å². The third-order valence-electron chi connectivity index (χ3n) is 4.88. The Morgan fingerprint density at radius 1 is 0.929 bits per heavy atom. The minimum Gasteiger partial charge on any atom is -0.494 e. The van der Waals surface area contributed by atoms with Gasteiger partial charge in [0.05, 0.1) is 18.5 Å². The van der Waals surface area contributed by atoms with E-state index in [9.17, 15) is 0 Å². The fourth-order valence-corrected chi connectivity index (χ4v) is 3.30. The molecule has 4 rings (SSSR count). The lowest BCUT2D eigenvalue weighted by atomic mass is 10.1. The molecule has 0 aliphatic heterocycles. The molecule has 4 aromatic rings. The van der Waals surface area contributed by atoms with E-state index in [-0.39, 0.29) is 0 Å². The topological polar surface area (TPSA) is 39.1 Å². The summed E-state index contributed by atoms with van der Waals surface area (Å²) in [5, 5.41) is 4.58. The second kappa shape index (κ2) is 8.17. The third-order valence-corrected chi connectivity index (χ3v) is 4.88. The summed E-state index contributed by atoms with van der Waals surface area (Å²) in [5.41, 5.74) is 5.67. The predicted octanol–water partition coefficient (Wildman–Crippen LogP) is 5.60. The molecule has 4 nitrogen and oxygen atoms in total. The van der Waals surface area contributed by atoms with Crippen LogP contribution in [0.15, 0.2) is 73.1 Å². The van der Waals surface area contributed by atoms with Crippen molar-refractivity contribution in [1.29, 1.82) is 0 Å². The number of anilines is 1. The van der Waals surface area contributed by atoms with E-state index in [1.165, 1.54) is 11.1 Å². The maximum absolute atomic E-state index is 5.52. The number of rotatable bonds is 7. The summed E-state index contributed by atoms with van der Waals surface area (Å²) in [6, 6.07) is 21.1. The van der Waals surface area contributed by atoms with Crippen molar-refractivity contribution in [3.63, 3.8) is 0 Å². The smallest absolute Gasteiger partial charge is 0.144 e. The summed E-state index contributed by atoms with van der Waals surface area (Å²) in [5.74, 6) is 0.883. The maximum Gasteiger partial charge on any atom is 0.144 e. The van der Waals surface area contributed by atoms with Crippen LogP contribution in [0.3, 0.4) is 0 Å². The molecular weight excluding hydrogens is 346 g/mol. The van der Waals surface area contributed by atoms with Gasteiger partial charge in [-0.05, 0) is 60.9 Å². The predicted molar refractivity (Wildman–Crippen MR) is 115 cm³/mol. The van der Waals surface area contributed by atoms with Crippen LogP contribution in [0, 0.1) is 0 Å². The van der Waals surface area contributed by atoms with Crippen molar-refractivity contribution in [3.05, 3.63) is 84.2 Å². The van der Waals surface area contributed by atoms with Gasteiger partial charge in [0.2, 0.25) is 0 Å². The van der Waals surface area contributed by atoms with E-state index in [4.69, 9.17) is 4.74 Å². The van der Waals surface area contributed by atoms with Crippen molar-refractivity contribution in [3.8, 4) is 11.4 Å². The Labute approximate surface area is 165 Å². The Balaban J connectivity index is 1.50. The van der Waals surface area contributed by atoms with Gasteiger partial charge in [-0.15, -0.1) is 0 Å². The summed E-state index contributed by atoms with van der Waals surface area (Å²) in [7, 11) is 0. The lowest BCUT2D eigenvalue weighted by molar-refractivity contribution is 0.340. The number of nitrogens with one attached hydrogen (secondary N) is 1. The Hall–Kier alpha value is -3.27. The molecule has 0 amide bonds. The Bertz CT molecular complexity index is 1050. The minimum atomic E-state index is 0.672. The van der Waals surface area contributed by atoms with E-state index >= 15 is 0 Å². The highest BCUT2D eigenvalue weighted by molar-refractivity contribution is 5.81. The first-order chi connectivity index (χ1) is 13.8. The highest BCUT2D eigenvalue weighted by atomic mass is 16.5. The molecule has 142 valence electrons. The summed E-state index contributed by atoms with van der Waals surface area (Å²) >= 11 is 0. The van der Waals surface area contributed by atoms with E-state index in [2.05, 4.69) is 76.5 Å². The number of aryl methyl sites for hydroxylation is 1. The van der Waals surface area contributed by atoms with Crippen LogP contribution < -0.4 is 10.1 Å². The molecule has 0 radical (unpaired) electrons. The molecule has 0 bridgehead atoms. The van der Waals surface area contributed by atoms with Crippen LogP contribution in [0.25, 0.3) is 16.7 Å². The fraction of sp³-hybridized carbons (Fsp3) is 0.208. The van der Waals surface area contributed by atoms with Gasteiger partial charge in [-0.1, -0.05) is 31.2 Å². The number of benzene rings is 2. The van der Waals surface area contributed by atoms with Gasteiger partial charge in [-0.2, -0.15) is 0 Å². The van der Waals surface area contributed by atoms with E-state index in [1.807, 2.05) is 25.3 Å². The molecule has 4 heteroatoms. The first-order valence-corrected chi connectivity index (χ1v) is 9.79. The average molecular weight is 371 g/mol. The van der Waals surface area contributed by atoms with Gasteiger partial charge in [-0.25, -0.2) is 4.98 Å². The lowest BCUT2D eigenvalue weighted by Crippen LogP contribution is -2.00. The first-order valence-electron chi connectivity index (χ1n) is 9.79. The second-order valence-electron chi connectivity index (χ2n) is 6.77. The van der Waals surface area contributed by atoms with Gasteiger partial charge in [0.25, 0.3) is 0 Å². The highest BCUT2D eigenvalue weighted by Crippen LogP contribution is 2.23. The highest BCUT2D eigenvalue weighted by Gasteiger charge is 2.06. The van der Waals surface area contributed by atoms with Gasteiger partial charge in [-0.3, -0.25) is 0 Å². The van der Waals surface area contributed by atoms with Crippen LogP contribution in [0.4, 0.5) is 5.69 Å². The SMILES string of the molecule is CCOc1ccc(-n2ccc3cc(NCc4ccc(CC)cc4)cnc32)cc1. The number of nitrogens with zero attached hydrogens (tertiary/aromatic N) is 2. The molecule has 0 saturated heterocycles. The van der Waals surface area contributed by atoms with Gasteiger partial charge in [0.1, 0.15) is 11.4 Å². The second-order valence-corrected chi connectivity index (χ2v) is 6.77. The van der Waals surface area contributed by atoms with Gasteiger partial charge in [0, 0.05) is 23.8 Å². The van der Waals surface area contributed by atoms with Crippen molar-refractivity contribution in [2.75, 3.05) is 11.9 Å². The van der Waals surface area contributed by atoms with Crippen LogP contribution in [0.1, 0.15) is 25.0 Å². The number of pyridine rings is 1. The number of hydrogen-bond donors (Lipinski definition) is 1. The van der Waals surface area contributed by atoms with Crippen molar-refractivity contribution in [2.45, 2.75) is 26.8 Å². The summed E-state index contributed by atoms with van der Waals surface area (Å²) in [6.07, 6.45) is 5.02. The van der Waals surface area contributed by atoms with Gasteiger partial charge < -0.3 is 14.6 Å². The van der Waals surface area contributed by atoms with Gasteiger partial charge in [0.15, 0.2) is 0 Å². The standard InChI is InChI=1S/C24H25N3O/c1-3-18-5-7-19(8-6-18)16-25-21-15-20-13-14-27(24(20)26-17-21)22-9-11-23(12-10-22)28-4-2/h5-15,17,25H,3-4,16H2,1-2H3. The fourth-order valence-electron chi connectivity index (χ4n) is 3.30. The molecular formula is C24H25N3O. The lowest BCUT2D eigenvalue weighted by Gasteiger charge is -2.09.